The molecule has 0 atom stereocenters. The first-order valence-electron chi connectivity index (χ1n) is 11.0. The van der Waals surface area contributed by atoms with Gasteiger partial charge in [-0.3, -0.25) is 4.79 Å². The van der Waals surface area contributed by atoms with Crippen LogP contribution in [0.3, 0.4) is 0 Å². The molecule has 4 heteroatoms. The maximum atomic E-state index is 11.6. The summed E-state index contributed by atoms with van der Waals surface area (Å²) in [5.74, 6) is 0.844. The normalized spacial score (nSPS) is 9.97. The third-order valence-electron chi connectivity index (χ3n) is 4.74. The number of esters is 1. The number of carbonyl (C=O) groups is 1. The van der Waals surface area contributed by atoms with E-state index in [1.54, 1.807) is 12.1 Å². The van der Waals surface area contributed by atoms with Crippen LogP contribution in [-0.2, 0) is 21.8 Å². The van der Waals surface area contributed by atoms with Gasteiger partial charge in [0.2, 0.25) is 0 Å². The Morgan fingerprint density at radius 2 is 1.17 bits per heavy atom. The first-order valence-corrected chi connectivity index (χ1v) is 11.6. The Bertz CT molecular complexity index is 520. The van der Waals surface area contributed by atoms with Crippen LogP contribution >= 0.6 is 12.6 Å². The molecule has 0 heterocycles. The van der Waals surface area contributed by atoms with Gasteiger partial charge >= 0.3 is 0 Å². The molecule has 0 aromatic heterocycles. The van der Waals surface area contributed by atoms with E-state index in [4.69, 9.17) is 4.74 Å². The van der Waals surface area contributed by atoms with Gasteiger partial charge in [-0.1, -0.05) is 69.8 Å². The fourth-order valence-corrected chi connectivity index (χ4v) is 3.28. The molecular weight excluding hydrogens is 420 g/mol. The minimum Gasteiger partial charge on any atom is -0.471 e. The van der Waals surface area contributed by atoms with Gasteiger partial charge in [-0.15, -0.1) is 0 Å². The summed E-state index contributed by atoms with van der Waals surface area (Å²) in [6.07, 6.45) is 15.6. The maximum Gasteiger partial charge on any atom is 0.281 e. The molecule has 29 heavy (non-hydrogen) atoms. The largest absolute Gasteiger partial charge is 0.471 e. The van der Waals surface area contributed by atoms with Gasteiger partial charge < -0.3 is 4.74 Å². The van der Waals surface area contributed by atoms with E-state index in [1.165, 1.54) is 64.2 Å². The van der Waals surface area contributed by atoms with E-state index in [2.05, 4.69) is 12.6 Å². The minimum absolute atomic E-state index is 0. The maximum absolute atomic E-state index is 11.6. The first-order chi connectivity index (χ1) is 13.8. The van der Waals surface area contributed by atoms with Crippen LogP contribution in [0, 0.1) is 0 Å². The summed E-state index contributed by atoms with van der Waals surface area (Å²) in [7, 11) is 0. The predicted octanol–water partition coefficient (Wildman–Crippen LogP) is 7.58. The molecule has 0 amide bonds. The summed E-state index contributed by atoms with van der Waals surface area (Å²) in [6.45, 7) is 0.552. The summed E-state index contributed by atoms with van der Waals surface area (Å²) in [5, 5.41) is 0. The van der Waals surface area contributed by atoms with E-state index < -0.39 is 0 Å². The van der Waals surface area contributed by atoms with Gasteiger partial charge in [-0.25, -0.2) is 24.3 Å². The molecule has 0 radical (unpaired) electrons. The Labute approximate surface area is 194 Å². The summed E-state index contributed by atoms with van der Waals surface area (Å²) in [6, 6.07) is 17.3. The summed E-state index contributed by atoms with van der Waals surface area (Å²) in [5.41, 5.74) is 0.663. The molecule has 0 fully saturated rings. The van der Waals surface area contributed by atoms with Crippen molar-refractivity contribution in [3.05, 3.63) is 60.2 Å². The van der Waals surface area contributed by atoms with Crippen LogP contribution < -0.4 is 0 Å². The molecule has 0 aliphatic carbocycles. The fraction of sp³-hybridized carbons (Fsp3) is 0.560. The van der Waals surface area contributed by atoms with Crippen LogP contribution in [0.5, 0.6) is 0 Å². The fourth-order valence-electron chi connectivity index (χ4n) is 3.06. The number of hydrogen-bond donors (Lipinski definition) is 1. The SMILES string of the molecule is O=C(OCCCCCCCCCCCCCCS)[c-]1cccc1.[Fe].c1cc[cH-]c1. The van der Waals surface area contributed by atoms with Crippen LogP contribution in [0.4, 0.5) is 0 Å². The smallest absolute Gasteiger partial charge is 0.281 e. The van der Waals surface area contributed by atoms with Crippen molar-refractivity contribution < 1.29 is 26.6 Å². The number of unbranched alkanes of at least 4 members (excludes halogenated alkanes) is 11. The van der Waals surface area contributed by atoms with Crippen molar-refractivity contribution in [2.45, 2.75) is 77.0 Å². The molecule has 2 aromatic carbocycles. The second kappa shape index (κ2) is 21.7. The third kappa shape index (κ3) is 17.6. The van der Waals surface area contributed by atoms with Gasteiger partial charge in [0.25, 0.3) is 5.97 Å². The Morgan fingerprint density at radius 3 is 1.59 bits per heavy atom. The molecule has 0 aliphatic heterocycles. The van der Waals surface area contributed by atoms with Crippen LogP contribution in [0.2, 0.25) is 0 Å². The third-order valence-corrected chi connectivity index (χ3v) is 5.06. The molecule has 0 aliphatic rings. The zero-order valence-electron chi connectivity index (χ0n) is 17.7. The van der Waals surface area contributed by atoms with Gasteiger partial charge in [0.1, 0.15) is 0 Å². The Balaban J connectivity index is 0.00000113. The molecule has 0 spiro atoms. The second-order valence-corrected chi connectivity index (χ2v) is 7.69. The van der Waals surface area contributed by atoms with Crippen molar-refractivity contribution in [1.82, 2.24) is 0 Å². The number of ether oxygens (including phenoxy) is 1. The number of hydrogen-bond acceptors (Lipinski definition) is 3. The van der Waals surface area contributed by atoms with Crippen LogP contribution in [0.15, 0.2) is 54.6 Å². The molecular formula is C25H38FeO2S-2. The van der Waals surface area contributed by atoms with Crippen molar-refractivity contribution in [3.8, 4) is 0 Å². The van der Waals surface area contributed by atoms with Crippen molar-refractivity contribution in [2.24, 2.45) is 0 Å². The van der Waals surface area contributed by atoms with Crippen molar-refractivity contribution >= 4 is 18.6 Å². The molecule has 0 bridgehead atoms. The van der Waals surface area contributed by atoms with Gasteiger partial charge in [-0.05, 0) is 18.6 Å². The first kappa shape index (κ1) is 28.0. The second-order valence-electron chi connectivity index (χ2n) is 7.24. The van der Waals surface area contributed by atoms with Crippen molar-refractivity contribution in [2.75, 3.05) is 12.4 Å². The van der Waals surface area contributed by atoms with Gasteiger partial charge in [-0.2, -0.15) is 43.0 Å². The summed E-state index contributed by atoms with van der Waals surface area (Å²) >= 11 is 4.23. The monoisotopic (exact) mass is 458 g/mol. The van der Waals surface area contributed by atoms with Crippen molar-refractivity contribution in [1.29, 1.82) is 0 Å². The van der Waals surface area contributed by atoms with E-state index >= 15 is 0 Å². The average Bonchev–Trinajstić information content (AvgIpc) is 3.44. The predicted molar refractivity (Wildman–Crippen MR) is 124 cm³/mol. The van der Waals surface area contributed by atoms with E-state index in [-0.39, 0.29) is 23.0 Å². The van der Waals surface area contributed by atoms with E-state index in [0.717, 1.165) is 18.6 Å². The molecule has 2 rings (SSSR count). The molecule has 0 unspecified atom stereocenters. The number of thiol groups is 1. The quantitative estimate of drug-likeness (QED) is 0.0979. The number of carbonyl (C=O) groups excluding carboxylic acids is 1. The minimum atomic E-state index is -0.190. The van der Waals surface area contributed by atoms with E-state index in [1.807, 2.05) is 42.5 Å². The number of rotatable bonds is 15. The summed E-state index contributed by atoms with van der Waals surface area (Å²) < 4.78 is 5.24. The zero-order chi connectivity index (χ0) is 20.1. The molecule has 2 aromatic rings. The van der Waals surface area contributed by atoms with Gasteiger partial charge in [0, 0.05) is 17.1 Å². The Kier molecular flexibility index (Phi) is 21.0. The van der Waals surface area contributed by atoms with Crippen LogP contribution in [-0.4, -0.2) is 18.3 Å². The van der Waals surface area contributed by atoms with Crippen LogP contribution in [0.25, 0.3) is 0 Å². The average molecular weight is 458 g/mol. The Morgan fingerprint density at radius 1 is 0.724 bits per heavy atom. The van der Waals surface area contributed by atoms with E-state index in [9.17, 15) is 4.79 Å². The van der Waals surface area contributed by atoms with E-state index in [0.29, 0.717) is 12.2 Å². The Hall–Kier alpha value is -0.961. The topological polar surface area (TPSA) is 26.3 Å². The molecule has 166 valence electrons. The molecule has 0 N–H and O–H groups in total. The summed E-state index contributed by atoms with van der Waals surface area (Å²) in [4.78, 5) is 11.6. The van der Waals surface area contributed by atoms with Gasteiger partial charge in [0.05, 0.1) is 6.61 Å². The molecule has 0 saturated carbocycles. The standard InChI is InChI=1S/C20H33O2S.C5H5.Fe/c21-20(19-15-11-12-16-19)22-17-13-9-7-5-3-1-2-4-6-8-10-14-18-23;1-2-4-5-3-1;/h11-12,15-16,23H,1-10,13-14,17-18H2;1-5H;/q2*-1;. The van der Waals surface area contributed by atoms with Crippen LogP contribution in [0.1, 0.15) is 87.4 Å². The molecule has 0 saturated heterocycles. The zero-order valence-corrected chi connectivity index (χ0v) is 19.7. The molecule has 2 nitrogen and oxygen atoms in total. The van der Waals surface area contributed by atoms with Gasteiger partial charge in [0.15, 0.2) is 0 Å². The van der Waals surface area contributed by atoms with Crippen molar-refractivity contribution in [3.63, 3.8) is 0 Å².